The van der Waals surface area contributed by atoms with Crippen molar-refractivity contribution in [2.24, 2.45) is 0 Å². The molecule has 0 N–H and O–H groups in total. The molecule has 2 rings (SSSR count). The van der Waals surface area contributed by atoms with Crippen molar-refractivity contribution in [3.8, 4) is 0 Å². The summed E-state index contributed by atoms with van der Waals surface area (Å²) in [5.41, 5.74) is 2.36. The van der Waals surface area contributed by atoms with Crippen molar-refractivity contribution in [3.05, 3.63) is 47.1 Å². The van der Waals surface area contributed by atoms with Gasteiger partial charge >= 0.3 is 0 Å². The van der Waals surface area contributed by atoms with Crippen molar-refractivity contribution in [1.29, 1.82) is 0 Å². The zero-order chi connectivity index (χ0) is 14.7. The van der Waals surface area contributed by atoms with Crippen LogP contribution in [-0.2, 0) is 16.6 Å². The Morgan fingerprint density at radius 1 is 1.20 bits per heavy atom. The van der Waals surface area contributed by atoms with Crippen LogP contribution in [0, 0.1) is 6.92 Å². The summed E-state index contributed by atoms with van der Waals surface area (Å²) in [6.07, 6.45) is 0. The Morgan fingerprint density at radius 3 is 2.35 bits per heavy atom. The van der Waals surface area contributed by atoms with E-state index in [4.69, 9.17) is 4.52 Å². The minimum atomic E-state index is -1.07. The maximum atomic E-state index is 12.3. The molecule has 0 radical (unpaired) electrons. The van der Waals surface area contributed by atoms with Crippen LogP contribution in [-0.4, -0.2) is 14.3 Å². The van der Waals surface area contributed by atoms with Gasteiger partial charge in [0.2, 0.25) is 5.89 Å². The lowest BCUT2D eigenvalue weighted by Gasteiger charge is -2.09. The molecule has 0 spiro atoms. The molecule has 0 saturated carbocycles. The van der Waals surface area contributed by atoms with Crippen LogP contribution in [0.2, 0.25) is 0 Å². The molecule has 0 amide bonds. The van der Waals surface area contributed by atoms with Crippen molar-refractivity contribution >= 4 is 10.8 Å². The minimum Gasteiger partial charge on any atom is -0.338 e. The molecule has 0 unspecified atom stereocenters. The Balaban J connectivity index is 2.04. The summed E-state index contributed by atoms with van der Waals surface area (Å²) in [5.74, 6) is 2.03. The molecule has 1 aromatic heterocycles. The molecule has 0 saturated heterocycles. The third kappa shape index (κ3) is 3.54. The van der Waals surface area contributed by atoms with Crippen molar-refractivity contribution in [2.45, 2.75) is 44.6 Å². The second-order valence-corrected chi connectivity index (χ2v) is 7.00. The average molecular weight is 292 g/mol. The highest BCUT2D eigenvalue weighted by atomic mass is 32.2. The molecular weight excluding hydrogens is 272 g/mol. The first kappa shape index (κ1) is 14.9. The molecule has 1 heterocycles. The van der Waals surface area contributed by atoms with Crippen LogP contribution < -0.4 is 0 Å². The van der Waals surface area contributed by atoms with E-state index in [0.29, 0.717) is 23.4 Å². The van der Waals surface area contributed by atoms with Crippen LogP contribution in [0.4, 0.5) is 0 Å². The molecule has 0 aliphatic carbocycles. The second kappa shape index (κ2) is 6.31. The normalized spacial score (nSPS) is 14.4. The highest BCUT2D eigenvalue weighted by molar-refractivity contribution is 7.84. The second-order valence-electron chi connectivity index (χ2n) is 5.24. The molecule has 0 bridgehead atoms. The van der Waals surface area contributed by atoms with Crippen LogP contribution >= 0.6 is 0 Å². The van der Waals surface area contributed by atoms with E-state index >= 15 is 0 Å². The number of hydrogen-bond acceptors (Lipinski definition) is 4. The molecular formula is C15H20N2O2S. The molecule has 1 aromatic carbocycles. The maximum absolute atomic E-state index is 12.3. The fourth-order valence-electron chi connectivity index (χ4n) is 1.88. The molecule has 20 heavy (non-hydrogen) atoms. The number of aromatic nitrogens is 2. The van der Waals surface area contributed by atoms with Gasteiger partial charge in [0.05, 0.1) is 0 Å². The number of nitrogens with zero attached hydrogens (tertiary/aromatic N) is 2. The first-order chi connectivity index (χ1) is 9.47. The Bertz CT molecular complexity index is 590. The van der Waals surface area contributed by atoms with Gasteiger partial charge in [-0.25, -0.2) is 0 Å². The average Bonchev–Trinajstić information content (AvgIpc) is 2.85. The molecule has 4 nitrogen and oxygen atoms in total. The van der Waals surface area contributed by atoms with Gasteiger partial charge in [-0.2, -0.15) is 4.98 Å². The predicted molar refractivity (Wildman–Crippen MR) is 79.8 cm³/mol. The quantitative estimate of drug-likeness (QED) is 0.846. The van der Waals surface area contributed by atoms with Gasteiger partial charge in [-0.05, 0) is 30.9 Å². The highest BCUT2D eigenvalue weighted by Crippen LogP contribution is 2.21. The van der Waals surface area contributed by atoms with E-state index in [-0.39, 0.29) is 5.25 Å². The van der Waals surface area contributed by atoms with E-state index < -0.39 is 10.8 Å². The van der Waals surface area contributed by atoms with Crippen LogP contribution in [0.15, 0.2) is 28.8 Å². The van der Waals surface area contributed by atoms with Gasteiger partial charge in [-0.15, -0.1) is 0 Å². The molecule has 0 aliphatic rings. The van der Waals surface area contributed by atoms with Gasteiger partial charge in [0.1, 0.15) is 5.25 Å². The van der Waals surface area contributed by atoms with Gasteiger partial charge < -0.3 is 4.52 Å². The summed E-state index contributed by atoms with van der Waals surface area (Å²) in [6.45, 7) is 7.93. The molecule has 108 valence electrons. The van der Waals surface area contributed by atoms with Gasteiger partial charge in [0.15, 0.2) is 5.82 Å². The SMILES string of the molecule is Cc1noc([C@@H](C)[S@](=O)Cc2ccc(C(C)C)cc2)n1. The zero-order valence-corrected chi connectivity index (χ0v) is 13.1. The Labute approximate surface area is 122 Å². The number of aryl methyl sites for hydroxylation is 1. The first-order valence-electron chi connectivity index (χ1n) is 6.73. The number of rotatable bonds is 5. The van der Waals surface area contributed by atoms with Crippen LogP contribution in [0.1, 0.15) is 54.8 Å². The van der Waals surface area contributed by atoms with Gasteiger partial charge in [0.25, 0.3) is 0 Å². The largest absolute Gasteiger partial charge is 0.338 e. The highest BCUT2D eigenvalue weighted by Gasteiger charge is 2.20. The van der Waals surface area contributed by atoms with Gasteiger partial charge in [-0.1, -0.05) is 43.3 Å². The van der Waals surface area contributed by atoms with Crippen LogP contribution in [0.5, 0.6) is 0 Å². The van der Waals surface area contributed by atoms with Crippen molar-refractivity contribution in [2.75, 3.05) is 0 Å². The van der Waals surface area contributed by atoms with Gasteiger partial charge in [0, 0.05) is 16.6 Å². The standard InChI is InChI=1S/C15H20N2O2S/c1-10(2)14-7-5-13(6-8-14)9-20(18)11(3)15-16-12(4)17-19-15/h5-8,10-11H,9H2,1-4H3/t11-,20-/m1/s1. The summed E-state index contributed by atoms with van der Waals surface area (Å²) in [5, 5.41) is 3.49. The predicted octanol–water partition coefficient (Wildman–Crippen LogP) is 3.51. The lowest BCUT2D eigenvalue weighted by molar-refractivity contribution is 0.375. The molecule has 5 heteroatoms. The molecule has 0 fully saturated rings. The van der Waals surface area contributed by atoms with E-state index in [1.165, 1.54) is 5.56 Å². The maximum Gasteiger partial charge on any atom is 0.242 e. The zero-order valence-electron chi connectivity index (χ0n) is 12.3. The van der Waals surface area contributed by atoms with E-state index in [1.54, 1.807) is 6.92 Å². The third-order valence-electron chi connectivity index (χ3n) is 3.24. The fourth-order valence-corrected chi connectivity index (χ4v) is 2.97. The Morgan fingerprint density at radius 2 is 1.85 bits per heavy atom. The molecule has 0 aliphatic heterocycles. The lowest BCUT2D eigenvalue weighted by Crippen LogP contribution is -2.06. The van der Waals surface area contributed by atoms with Gasteiger partial charge in [-0.3, -0.25) is 4.21 Å². The summed E-state index contributed by atoms with van der Waals surface area (Å²) in [4.78, 5) is 4.14. The van der Waals surface area contributed by atoms with E-state index in [2.05, 4.69) is 36.1 Å². The first-order valence-corrected chi connectivity index (χ1v) is 8.11. The van der Waals surface area contributed by atoms with E-state index in [9.17, 15) is 4.21 Å². The van der Waals surface area contributed by atoms with Crippen molar-refractivity contribution < 1.29 is 8.73 Å². The molecule has 2 atom stereocenters. The van der Waals surface area contributed by atoms with Crippen LogP contribution in [0.25, 0.3) is 0 Å². The van der Waals surface area contributed by atoms with Crippen LogP contribution in [0.3, 0.4) is 0 Å². The monoisotopic (exact) mass is 292 g/mol. The molecule has 2 aromatic rings. The Kier molecular flexibility index (Phi) is 4.70. The fraction of sp³-hybridized carbons (Fsp3) is 0.467. The van der Waals surface area contributed by atoms with Crippen molar-refractivity contribution in [3.63, 3.8) is 0 Å². The lowest BCUT2D eigenvalue weighted by atomic mass is 10.0. The topological polar surface area (TPSA) is 56.0 Å². The number of benzene rings is 1. The summed E-state index contributed by atoms with van der Waals surface area (Å²) in [7, 11) is -1.07. The Hall–Kier alpha value is -1.49. The summed E-state index contributed by atoms with van der Waals surface area (Å²) < 4.78 is 17.4. The van der Waals surface area contributed by atoms with E-state index in [0.717, 1.165) is 5.56 Å². The van der Waals surface area contributed by atoms with Crippen molar-refractivity contribution in [1.82, 2.24) is 10.1 Å². The summed E-state index contributed by atoms with van der Waals surface area (Å²) in [6, 6.07) is 8.27. The summed E-state index contributed by atoms with van der Waals surface area (Å²) >= 11 is 0. The minimum absolute atomic E-state index is 0.249. The third-order valence-corrected chi connectivity index (χ3v) is 4.85. The van der Waals surface area contributed by atoms with E-state index in [1.807, 2.05) is 19.1 Å². The smallest absolute Gasteiger partial charge is 0.242 e. The number of hydrogen-bond donors (Lipinski definition) is 0.